The van der Waals surface area contributed by atoms with Crippen LogP contribution in [0.25, 0.3) is 0 Å². The SMILES string of the molecule is COc1ccc(C[NH+](C)CC(=O)Nc2ccc(C#N)cc2)cc1. The number of methoxy groups -OCH3 is 1. The van der Waals surface area contributed by atoms with Crippen molar-refractivity contribution in [3.05, 3.63) is 59.7 Å². The van der Waals surface area contributed by atoms with E-state index in [4.69, 9.17) is 10.00 Å². The molecule has 2 N–H and O–H groups in total. The third kappa shape index (κ3) is 5.13. The molecule has 0 saturated heterocycles. The normalized spacial score (nSPS) is 11.3. The van der Waals surface area contributed by atoms with E-state index >= 15 is 0 Å². The van der Waals surface area contributed by atoms with Crippen molar-refractivity contribution >= 4 is 11.6 Å². The first-order chi connectivity index (χ1) is 11.1. The second kappa shape index (κ2) is 7.97. The summed E-state index contributed by atoms with van der Waals surface area (Å²) in [6.45, 7) is 1.12. The van der Waals surface area contributed by atoms with E-state index < -0.39 is 0 Å². The summed E-state index contributed by atoms with van der Waals surface area (Å²) in [6, 6.07) is 16.7. The van der Waals surface area contributed by atoms with Crippen molar-refractivity contribution in [2.24, 2.45) is 0 Å². The summed E-state index contributed by atoms with van der Waals surface area (Å²) < 4.78 is 5.13. The third-order valence-corrected chi connectivity index (χ3v) is 3.43. The lowest BCUT2D eigenvalue weighted by Gasteiger charge is -2.14. The first-order valence-electron chi connectivity index (χ1n) is 7.35. The quantitative estimate of drug-likeness (QED) is 0.843. The van der Waals surface area contributed by atoms with Crippen LogP contribution >= 0.6 is 0 Å². The molecule has 0 spiro atoms. The van der Waals surface area contributed by atoms with E-state index in [0.717, 1.165) is 22.8 Å². The molecule has 1 unspecified atom stereocenters. The Bertz CT molecular complexity index is 688. The Morgan fingerprint density at radius 1 is 1.17 bits per heavy atom. The number of anilines is 1. The van der Waals surface area contributed by atoms with Crippen LogP contribution in [0.2, 0.25) is 0 Å². The minimum Gasteiger partial charge on any atom is -0.497 e. The summed E-state index contributed by atoms with van der Waals surface area (Å²) in [6.07, 6.45) is 0. The number of likely N-dealkylation sites (N-methyl/N-ethyl adjacent to an activating group) is 1. The largest absolute Gasteiger partial charge is 0.497 e. The molecule has 0 bridgehead atoms. The van der Waals surface area contributed by atoms with Gasteiger partial charge in [-0.15, -0.1) is 0 Å². The molecule has 0 radical (unpaired) electrons. The summed E-state index contributed by atoms with van der Waals surface area (Å²) in [5.41, 5.74) is 2.42. The van der Waals surface area contributed by atoms with Crippen molar-refractivity contribution in [2.75, 3.05) is 26.0 Å². The fraction of sp³-hybridized carbons (Fsp3) is 0.222. The minimum absolute atomic E-state index is 0.0549. The first-order valence-corrected chi connectivity index (χ1v) is 7.35. The smallest absolute Gasteiger partial charge is 0.279 e. The van der Waals surface area contributed by atoms with Crippen molar-refractivity contribution in [3.8, 4) is 11.8 Å². The van der Waals surface area contributed by atoms with Gasteiger partial charge in [0.15, 0.2) is 6.54 Å². The van der Waals surface area contributed by atoms with E-state index in [1.807, 2.05) is 37.4 Å². The van der Waals surface area contributed by atoms with E-state index in [9.17, 15) is 4.79 Å². The Balaban J connectivity index is 1.84. The standard InChI is InChI=1S/C18H19N3O2/c1-21(12-15-5-9-17(23-2)10-6-15)13-18(22)20-16-7-3-14(11-19)4-8-16/h3-10H,12-13H2,1-2H3,(H,20,22)/p+1. The molecule has 2 aromatic rings. The molecular formula is C18H20N3O2+. The van der Waals surface area contributed by atoms with Crippen LogP contribution in [0.1, 0.15) is 11.1 Å². The van der Waals surface area contributed by atoms with E-state index in [-0.39, 0.29) is 5.91 Å². The van der Waals surface area contributed by atoms with Gasteiger partial charge in [0.25, 0.3) is 5.91 Å². The highest BCUT2D eigenvalue weighted by atomic mass is 16.5. The van der Waals surface area contributed by atoms with E-state index in [1.54, 1.807) is 31.4 Å². The maximum Gasteiger partial charge on any atom is 0.279 e. The topological polar surface area (TPSA) is 66.6 Å². The number of hydrogen-bond acceptors (Lipinski definition) is 3. The van der Waals surface area contributed by atoms with Gasteiger partial charge in [-0.2, -0.15) is 5.26 Å². The van der Waals surface area contributed by atoms with Crippen LogP contribution < -0.4 is 15.0 Å². The highest BCUT2D eigenvalue weighted by Crippen LogP contribution is 2.10. The van der Waals surface area contributed by atoms with Gasteiger partial charge in [-0.25, -0.2) is 0 Å². The maximum atomic E-state index is 12.1. The molecule has 0 saturated carbocycles. The fourth-order valence-electron chi connectivity index (χ4n) is 2.26. The van der Waals surface area contributed by atoms with Gasteiger partial charge in [-0.05, 0) is 48.5 Å². The Labute approximate surface area is 136 Å². The number of nitriles is 1. The highest BCUT2D eigenvalue weighted by molar-refractivity contribution is 5.91. The maximum absolute atomic E-state index is 12.1. The number of amides is 1. The number of nitrogens with zero attached hydrogens (tertiary/aromatic N) is 1. The zero-order chi connectivity index (χ0) is 16.7. The molecule has 0 aliphatic carbocycles. The van der Waals surface area contributed by atoms with Gasteiger partial charge in [-0.1, -0.05) is 0 Å². The average molecular weight is 310 g/mol. The number of hydrogen-bond donors (Lipinski definition) is 2. The Morgan fingerprint density at radius 2 is 1.83 bits per heavy atom. The molecule has 1 amide bonds. The highest BCUT2D eigenvalue weighted by Gasteiger charge is 2.11. The third-order valence-electron chi connectivity index (χ3n) is 3.43. The van der Waals surface area contributed by atoms with Crippen molar-refractivity contribution in [1.29, 1.82) is 5.26 Å². The predicted molar refractivity (Wildman–Crippen MR) is 88.2 cm³/mol. The molecule has 2 aromatic carbocycles. The number of ether oxygens (including phenoxy) is 1. The number of carbonyl (C=O) groups excluding carboxylic acids is 1. The van der Waals surface area contributed by atoms with Gasteiger partial charge < -0.3 is 15.0 Å². The summed E-state index contributed by atoms with van der Waals surface area (Å²) in [5.74, 6) is 0.769. The molecule has 5 heteroatoms. The predicted octanol–water partition coefficient (Wildman–Crippen LogP) is 1.22. The van der Waals surface area contributed by atoms with E-state index in [1.165, 1.54) is 0 Å². The van der Waals surface area contributed by atoms with Crippen LogP contribution in [0.5, 0.6) is 5.75 Å². The lowest BCUT2D eigenvalue weighted by molar-refractivity contribution is -0.885. The Morgan fingerprint density at radius 3 is 2.39 bits per heavy atom. The van der Waals surface area contributed by atoms with Gasteiger partial charge in [0.1, 0.15) is 12.3 Å². The van der Waals surface area contributed by atoms with Crippen molar-refractivity contribution in [1.82, 2.24) is 0 Å². The summed E-state index contributed by atoms with van der Waals surface area (Å²) >= 11 is 0. The zero-order valence-electron chi connectivity index (χ0n) is 13.3. The van der Waals surface area contributed by atoms with Crippen LogP contribution in [-0.4, -0.2) is 26.6 Å². The monoisotopic (exact) mass is 310 g/mol. The van der Waals surface area contributed by atoms with Gasteiger partial charge in [0, 0.05) is 11.3 Å². The molecule has 0 aliphatic rings. The van der Waals surface area contributed by atoms with E-state index in [2.05, 4.69) is 5.32 Å². The second-order valence-corrected chi connectivity index (χ2v) is 5.40. The number of quaternary nitrogens is 1. The summed E-state index contributed by atoms with van der Waals surface area (Å²) in [4.78, 5) is 13.1. The van der Waals surface area contributed by atoms with Gasteiger partial charge >= 0.3 is 0 Å². The molecule has 0 aliphatic heterocycles. The first kappa shape index (κ1) is 16.5. The van der Waals surface area contributed by atoms with Crippen molar-refractivity contribution in [3.63, 3.8) is 0 Å². The van der Waals surface area contributed by atoms with Crippen LogP contribution in [0.15, 0.2) is 48.5 Å². The number of carbonyl (C=O) groups is 1. The van der Waals surface area contributed by atoms with Crippen LogP contribution in [-0.2, 0) is 11.3 Å². The van der Waals surface area contributed by atoms with Gasteiger partial charge in [0.05, 0.1) is 25.8 Å². The average Bonchev–Trinajstić information content (AvgIpc) is 2.56. The van der Waals surface area contributed by atoms with Crippen molar-refractivity contribution in [2.45, 2.75) is 6.54 Å². The number of nitrogens with one attached hydrogen (secondary N) is 2. The molecule has 2 rings (SSSR count). The molecule has 0 fully saturated rings. The number of benzene rings is 2. The van der Waals surface area contributed by atoms with Crippen LogP contribution in [0.4, 0.5) is 5.69 Å². The van der Waals surface area contributed by atoms with Gasteiger partial charge in [-0.3, -0.25) is 4.79 Å². The Hall–Kier alpha value is -2.84. The molecule has 1 atom stereocenters. The molecule has 5 nitrogen and oxygen atoms in total. The Kier molecular flexibility index (Phi) is 5.73. The summed E-state index contributed by atoms with van der Waals surface area (Å²) in [7, 11) is 3.61. The molecule has 0 heterocycles. The van der Waals surface area contributed by atoms with E-state index in [0.29, 0.717) is 17.8 Å². The molecule has 23 heavy (non-hydrogen) atoms. The minimum atomic E-state index is -0.0549. The van der Waals surface area contributed by atoms with Crippen LogP contribution in [0, 0.1) is 11.3 Å². The molecule has 118 valence electrons. The van der Waals surface area contributed by atoms with Crippen LogP contribution in [0.3, 0.4) is 0 Å². The lowest BCUT2D eigenvalue weighted by Crippen LogP contribution is -3.08. The molecule has 0 aromatic heterocycles. The second-order valence-electron chi connectivity index (χ2n) is 5.40. The van der Waals surface area contributed by atoms with Gasteiger partial charge in [0.2, 0.25) is 0 Å². The fourth-order valence-corrected chi connectivity index (χ4v) is 2.26. The van der Waals surface area contributed by atoms with Crippen molar-refractivity contribution < 1.29 is 14.4 Å². The molecular weight excluding hydrogens is 290 g/mol. The lowest BCUT2D eigenvalue weighted by atomic mass is 10.2. The zero-order valence-corrected chi connectivity index (χ0v) is 13.3. The summed E-state index contributed by atoms with van der Waals surface area (Å²) in [5, 5.41) is 11.6. The number of rotatable bonds is 6.